The Bertz CT molecular complexity index is 605. The van der Waals surface area contributed by atoms with Crippen LogP contribution in [0, 0.1) is 0 Å². The number of likely N-dealkylation sites (tertiary alicyclic amines) is 1. The van der Waals surface area contributed by atoms with E-state index in [0.29, 0.717) is 18.7 Å². The maximum atomic E-state index is 11.4. The molecule has 124 valence electrons. The third-order valence-corrected chi connectivity index (χ3v) is 4.58. The largest absolute Gasteiger partial charge is 0.478 e. The van der Waals surface area contributed by atoms with Crippen LogP contribution in [0.3, 0.4) is 0 Å². The summed E-state index contributed by atoms with van der Waals surface area (Å²) in [5, 5.41) is 12.7. The third-order valence-electron chi connectivity index (χ3n) is 4.58. The fourth-order valence-electron chi connectivity index (χ4n) is 3.22. The lowest BCUT2D eigenvalue weighted by Crippen LogP contribution is -2.56. The summed E-state index contributed by atoms with van der Waals surface area (Å²) >= 11 is 0. The second-order valence-corrected chi connectivity index (χ2v) is 6.39. The van der Waals surface area contributed by atoms with Crippen LogP contribution in [0.15, 0.2) is 18.2 Å². The predicted molar refractivity (Wildman–Crippen MR) is 89.1 cm³/mol. The number of anilines is 2. The monoisotopic (exact) mass is 317 g/mol. The first-order valence-corrected chi connectivity index (χ1v) is 8.18. The second kappa shape index (κ2) is 6.48. The van der Waals surface area contributed by atoms with E-state index >= 15 is 0 Å². The molecule has 0 saturated carbocycles. The summed E-state index contributed by atoms with van der Waals surface area (Å²) in [4.78, 5) is 26.7. The van der Waals surface area contributed by atoms with Gasteiger partial charge in [0.1, 0.15) is 0 Å². The number of carboxylic acids is 1. The minimum atomic E-state index is -0.911. The van der Waals surface area contributed by atoms with Crippen LogP contribution in [0.25, 0.3) is 0 Å². The Balaban J connectivity index is 1.75. The van der Waals surface area contributed by atoms with Crippen LogP contribution in [-0.2, 0) is 4.79 Å². The number of carbonyl (C=O) groups excluding carboxylic acids is 1. The Morgan fingerprint density at radius 1 is 1.13 bits per heavy atom. The summed E-state index contributed by atoms with van der Waals surface area (Å²) in [6.07, 6.45) is 3.54. The summed E-state index contributed by atoms with van der Waals surface area (Å²) in [5.41, 5.74) is 2.09. The maximum absolute atomic E-state index is 11.4. The van der Waals surface area contributed by atoms with Gasteiger partial charge in [0.2, 0.25) is 5.91 Å². The van der Waals surface area contributed by atoms with Gasteiger partial charge in [-0.25, -0.2) is 4.79 Å². The maximum Gasteiger partial charge on any atom is 0.335 e. The van der Waals surface area contributed by atoms with Gasteiger partial charge >= 0.3 is 5.97 Å². The molecule has 0 unspecified atom stereocenters. The van der Waals surface area contributed by atoms with E-state index in [1.54, 1.807) is 24.0 Å². The second-order valence-electron chi connectivity index (χ2n) is 6.39. The molecule has 0 spiro atoms. The van der Waals surface area contributed by atoms with Gasteiger partial charge in [-0.15, -0.1) is 0 Å². The van der Waals surface area contributed by atoms with E-state index in [2.05, 4.69) is 10.2 Å². The zero-order chi connectivity index (χ0) is 16.4. The quantitative estimate of drug-likeness (QED) is 0.889. The molecule has 2 saturated heterocycles. The number of nitrogens with zero attached hydrogens (tertiary/aromatic N) is 2. The van der Waals surface area contributed by atoms with E-state index in [9.17, 15) is 14.7 Å². The number of hydrogen-bond acceptors (Lipinski definition) is 4. The smallest absolute Gasteiger partial charge is 0.335 e. The van der Waals surface area contributed by atoms with Gasteiger partial charge in [0.25, 0.3) is 0 Å². The molecule has 2 N–H and O–H groups in total. The molecule has 6 heteroatoms. The molecule has 2 heterocycles. The number of carboxylic acid groups (broad SMARTS) is 1. The molecular formula is C17H23N3O3. The fraction of sp³-hybridized carbons (Fsp3) is 0.529. The highest BCUT2D eigenvalue weighted by Gasteiger charge is 2.28. The molecule has 0 bridgehead atoms. The first-order chi connectivity index (χ1) is 11.0. The number of piperidine rings is 1. The Morgan fingerprint density at radius 2 is 1.83 bits per heavy atom. The number of benzene rings is 1. The van der Waals surface area contributed by atoms with Gasteiger partial charge in [0.05, 0.1) is 11.6 Å². The Hall–Kier alpha value is -2.24. The zero-order valence-corrected chi connectivity index (χ0v) is 13.4. The van der Waals surface area contributed by atoms with E-state index in [1.165, 1.54) is 6.42 Å². The van der Waals surface area contributed by atoms with Crippen LogP contribution in [0.1, 0.15) is 36.5 Å². The van der Waals surface area contributed by atoms with Crippen molar-refractivity contribution < 1.29 is 14.7 Å². The number of amides is 1. The fourth-order valence-corrected chi connectivity index (χ4v) is 3.22. The highest BCUT2D eigenvalue weighted by Crippen LogP contribution is 2.27. The normalized spacial score (nSPS) is 18.5. The molecule has 23 heavy (non-hydrogen) atoms. The van der Waals surface area contributed by atoms with E-state index in [1.807, 2.05) is 6.07 Å². The van der Waals surface area contributed by atoms with Gasteiger partial charge in [0, 0.05) is 44.5 Å². The standard InChI is InChI=1S/C17H23N3O3/c1-12(21)20-10-15(11-20)18-14-7-13(17(22)23)8-16(9-14)19-5-3-2-4-6-19/h7-9,15,18H,2-6,10-11H2,1H3,(H,22,23). The molecule has 0 atom stereocenters. The molecule has 0 radical (unpaired) electrons. The number of nitrogens with one attached hydrogen (secondary N) is 1. The summed E-state index contributed by atoms with van der Waals surface area (Å²) in [5.74, 6) is -0.831. The minimum Gasteiger partial charge on any atom is -0.478 e. The van der Waals surface area contributed by atoms with E-state index in [-0.39, 0.29) is 11.9 Å². The zero-order valence-electron chi connectivity index (χ0n) is 13.4. The van der Waals surface area contributed by atoms with Gasteiger partial charge < -0.3 is 20.2 Å². The van der Waals surface area contributed by atoms with Gasteiger partial charge in [-0.05, 0) is 37.5 Å². The average Bonchev–Trinajstić information content (AvgIpc) is 2.50. The van der Waals surface area contributed by atoms with Crippen molar-refractivity contribution in [3.8, 4) is 0 Å². The lowest BCUT2D eigenvalue weighted by atomic mass is 10.1. The van der Waals surface area contributed by atoms with Crippen LogP contribution in [0.2, 0.25) is 0 Å². The lowest BCUT2D eigenvalue weighted by Gasteiger charge is -2.39. The molecule has 3 rings (SSSR count). The molecule has 0 aromatic heterocycles. The van der Waals surface area contributed by atoms with Gasteiger partial charge in [0.15, 0.2) is 0 Å². The van der Waals surface area contributed by atoms with Crippen LogP contribution in [0.4, 0.5) is 11.4 Å². The van der Waals surface area contributed by atoms with E-state index in [4.69, 9.17) is 0 Å². The summed E-state index contributed by atoms with van der Waals surface area (Å²) < 4.78 is 0. The van der Waals surface area contributed by atoms with Crippen LogP contribution >= 0.6 is 0 Å². The lowest BCUT2D eigenvalue weighted by molar-refractivity contribution is -0.132. The molecular weight excluding hydrogens is 294 g/mol. The number of aromatic carboxylic acids is 1. The molecule has 6 nitrogen and oxygen atoms in total. The molecule has 2 fully saturated rings. The highest BCUT2D eigenvalue weighted by atomic mass is 16.4. The van der Waals surface area contributed by atoms with E-state index < -0.39 is 5.97 Å². The van der Waals surface area contributed by atoms with Gasteiger partial charge in [-0.2, -0.15) is 0 Å². The van der Waals surface area contributed by atoms with Crippen molar-refractivity contribution in [1.29, 1.82) is 0 Å². The number of hydrogen-bond donors (Lipinski definition) is 2. The van der Waals surface area contributed by atoms with Gasteiger partial charge in [-0.1, -0.05) is 0 Å². The number of carbonyl (C=O) groups is 2. The first kappa shape index (κ1) is 15.6. The Morgan fingerprint density at radius 3 is 2.43 bits per heavy atom. The van der Waals surface area contributed by atoms with Crippen LogP contribution < -0.4 is 10.2 Å². The van der Waals surface area contributed by atoms with Crippen molar-refractivity contribution in [2.75, 3.05) is 36.4 Å². The van der Waals surface area contributed by atoms with Crippen LogP contribution in [0.5, 0.6) is 0 Å². The van der Waals surface area contributed by atoms with Crippen LogP contribution in [-0.4, -0.2) is 54.1 Å². The van der Waals surface area contributed by atoms with Crippen molar-refractivity contribution in [2.24, 2.45) is 0 Å². The Kier molecular flexibility index (Phi) is 4.41. The molecule has 1 amide bonds. The summed E-state index contributed by atoms with van der Waals surface area (Å²) in [7, 11) is 0. The molecule has 2 aliphatic heterocycles. The average molecular weight is 317 g/mol. The highest BCUT2D eigenvalue weighted by molar-refractivity contribution is 5.90. The van der Waals surface area contributed by atoms with E-state index in [0.717, 1.165) is 37.3 Å². The van der Waals surface area contributed by atoms with Crippen molar-refractivity contribution in [2.45, 2.75) is 32.2 Å². The minimum absolute atomic E-state index is 0.0799. The molecule has 1 aromatic carbocycles. The van der Waals surface area contributed by atoms with Crippen molar-refractivity contribution in [3.05, 3.63) is 23.8 Å². The van der Waals surface area contributed by atoms with Crippen molar-refractivity contribution in [1.82, 2.24) is 4.90 Å². The van der Waals surface area contributed by atoms with Crippen molar-refractivity contribution >= 4 is 23.3 Å². The number of rotatable bonds is 4. The molecule has 1 aromatic rings. The summed E-state index contributed by atoms with van der Waals surface area (Å²) in [6.45, 7) is 4.86. The van der Waals surface area contributed by atoms with Gasteiger partial charge in [-0.3, -0.25) is 4.79 Å². The Labute approximate surface area is 136 Å². The SMILES string of the molecule is CC(=O)N1CC(Nc2cc(C(=O)O)cc(N3CCCCC3)c2)C1. The first-order valence-electron chi connectivity index (χ1n) is 8.18. The predicted octanol–water partition coefficient (Wildman–Crippen LogP) is 2.02. The third kappa shape index (κ3) is 3.57. The van der Waals surface area contributed by atoms with Crippen molar-refractivity contribution in [3.63, 3.8) is 0 Å². The molecule has 0 aliphatic carbocycles. The summed E-state index contributed by atoms with van der Waals surface area (Å²) in [6, 6.07) is 5.64. The molecule has 2 aliphatic rings. The topological polar surface area (TPSA) is 72.9 Å².